The second kappa shape index (κ2) is 7.71. The second-order valence-corrected chi connectivity index (χ2v) is 4.84. The Bertz CT molecular complexity index is 436. The minimum absolute atomic E-state index is 0.447. The molecule has 0 bridgehead atoms. The molecule has 0 aromatic rings. The topological polar surface area (TPSA) is 111 Å². The molecule has 0 atom stereocenters. The zero-order valence-corrected chi connectivity index (χ0v) is 12.0. The Balaban J connectivity index is 2.24. The van der Waals surface area contributed by atoms with E-state index in [0.717, 1.165) is 0 Å². The number of nitro groups is 2. The summed E-state index contributed by atoms with van der Waals surface area (Å²) in [5.41, 5.74) is -1.03. The molecule has 0 unspecified atom stereocenters. The molecule has 10 heteroatoms. The highest BCUT2D eigenvalue weighted by molar-refractivity contribution is 5.18. The van der Waals surface area contributed by atoms with E-state index < -0.39 is 21.2 Å². The van der Waals surface area contributed by atoms with Crippen LogP contribution in [0.25, 0.3) is 0 Å². The van der Waals surface area contributed by atoms with Gasteiger partial charge in [-0.1, -0.05) is 0 Å². The quantitative estimate of drug-likeness (QED) is 0.392. The van der Waals surface area contributed by atoms with Gasteiger partial charge < -0.3 is 19.3 Å². The molecule has 10 nitrogen and oxygen atoms in total. The van der Waals surface area contributed by atoms with Crippen molar-refractivity contribution in [2.24, 2.45) is 0 Å². The van der Waals surface area contributed by atoms with Crippen LogP contribution in [0.3, 0.4) is 0 Å². The maximum absolute atomic E-state index is 11.3. The third-order valence-electron chi connectivity index (χ3n) is 3.36. The first-order valence-corrected chi connectivity index (χ1v) is 6.94. The van der Waals surface area contributed by atoms with Crippen LogP contribution in [-0.4, -0.2) is 72.3 Å². The van der Waals surface area contributed by atoms with Crippen molar-refractivity contribution in [3.8, 4) is 0 Å². The fraction of sp³-hybridized carbons (Fsp3) is 0.667. The van der Waals surface area contributed by atoms with Crippen molar-refractivity contribution in [3.63, 3.8) is 0 Å². The predicted octanol–water partition coefficient (Wildman–Crippen LogP) is -0.113. The lowest BCUT2D eigenvalue weighted by atomic mass is 10.3. The van der Waals surface area contributed by atoms with Crippen molar-refractivity contribution < 1.29 is 19.3 Å². The van der Waals surface area contributed by atoms with Crippen LogP contribution in [0.2, 0.25) is 0 Å². The van der Waals surface area contributed by atoms with E-state index in [9.17, 15) is 20.2 Å². The maximum atomic E-state index is 11.3. The van der Waals surface area contributed by atoms with Crippen LogP contribution < -0.4 is 0 Å². The third-order valence-corrected chi connectivity index (χ3v) is 3.36. The monoisotopic (exact) mass is 314 g/mol. The molecular weight excluding hydrogens is 296 g/mol. The van der Waals surface area contributed by atoms with Gasteiger partial charge in [0.25, 0.3) is 0 Å². The maximum Gasteiger partial charge on any atom is 0.363 e. The molecule has 0 amide bonds. The van der Waals surface area contributed by atoms with Gasteiger partial charge in [-0.2, -0.15) is 0 Å². The molecule has 2 aliphatic rings. The summed E-state index contributed by atoms with van der Waals surface area (Å²) >= 11 is 0. The van der Waals surface area contributed by atoms with Crippen LogP contribution >= 0.6 is 0 Å². The van der Waals surface area contributed by atoms with Gasteiger partial charge in [0.2, 0.25) is 0 Å². The highest BCUT2D eigenvalue weighted by atomic mass is 16.6. The Morgan fingerprint density at radius 1 is 0.773 bits per heavy atom. The van der Waals surface area contributed by atoms with Gasteiger partial charge in [-0.25, -0.2) is 0 Å². The summed E-state index contributed by atoms with van der Waals surface area (Å²) in [6, 6.07) is 0. The van der Waals surface area contributed by atoms with Gasteiger partial charge in [-0.05, 0) is 0 Å². The number of morpholine rings is 2. The molecule has 0 aromatic heterocycles. The smallest absolute Gasteiger partial charge is 0.363 e. The van der Waals surface area contributed by atoms with E-state index in [1.807, 2.05) is 0 Å². The Morgan fingerprint density at radius 2 is 1.09 bits per heavy atom. The molecule has 0 aliphatic carbocycles. The van der Waals surface area contributed by atoms with E-state index in [4.69, 9.17) is 9.47 Å². The summed E-state index contributed by atoms with van der Waals surface area (Å²) in [7, 11) is 0. The highest BCUT2D eigenvalue weighted by Gasteiger charge is 2.31. The molecule has 2 rings (SSSR count). The van der Waals surface area contributed by atoms with Crippen LogP contribution in [0, 0.1) is 20.2 Å². The lowest BCUT2D eigenvalue weighted by Crippen LogP contribution is -2.34. The van der Waals surface area contributed by atoms with Crippen LogP contribution in [0.4, 0.5) is 0 Å². The highest BCUT2D eigenvalue weighted by Crippen LogP contribution is 2.15. The summed E-state index contributed by atoms with van der Waals surface area (Å²) < 4.78 is 10.3. The van der Waals surface area contributed by atoms with Crippen molar-refractivity contribution in [2.75, 3.05) is 52.6 Å². The average Bonchev–Trinajstić information content (AvgIpc) is 2.52. The van der Waals surface area contributed by atoms with Crippen LogP contribution in [0.15, 0.2) is 23.8 Å². The molecule has 0 radical (unpaired) electrons. The Hall–Kier alpha value is -2.20. The van der Waals surface area contributed by atoms with Crippen molar-refractivity contribution >= 4 is 0 Å². The molecule has 0 aromatic carbocycles. The number of nitrogens with zero attached hydrogens (tertiary/aromatic N) is 4. The predicted molar refractivity (Wildman–Crippen MR) is 74.9 cm³/mol. The molecule has 0 saturated carbocycles. The molecular formula is C12H18N4O6. The third kappa shape index (κ3) is 4.40. The average molecular weight is 314 g/mol. The van der Waals surface area contributed by atoms with Gasteiger partial charge in [-0.3, -0.25) is 20.2 Å². The molecule has 2 fully saturated rings. The van der Waals surface area contributed by atoms with E-state index in [0.29, 0.717) is 52.6 Å². The van der Waals surface area contributed by atoms with E-state index >= 15 is 0 Å². The fourth-order valence-corrected chi connectivity index (χ4v) is 2.17. The van der Waals surface area contributed by atoms with Crippen LogP contribution in [0.1, 0.15) is 0 Å². The first-order chi connectivity index (χ1) is 10.6. The SMILES string of the molecule is O=[N+]([O-])C(=C/N1CCOCC1)/C(=C\N1CCOCC1)[N+](=O)[O-]. The van der Waals surface area contributed by atoms with Gasteiger partial charge in [0, 0.05) is 26.2 Å². The summed E-state index contributed by atoms with van der Waals surface area (Å²) in [5.74, 6) is 0. The zero-order valence-electron chi connectivity index (χ0n) is 12.0. The first-order valence-electron chi connectivity index (χ1n) is 6.94. The summed E-state index contributed by atoms with van der Waals surface area (Å²) in [6.07, 6.45) is 2.47. The van der Waals surface area contributed by atoms with Crippen molar-refractivity contribution in [1.82, 2.24) is 9.80 Å². The minimum Gasteiger partial charge on any atom is -0.378 e. The number of hydrogen-bond donors (Lipinski definition) is 0. The van der Waals surface area contributed by atoms with Gasteiger partial charge in [0.05, 0.1) is 48.7 Å². The van der Waals surface area contributed by atoms with Crippen molar-refractivity contribution in [2.45, 2.75) is 0 Å². The van der Waals surface area contributed by atoms with Gasteiger partial charge in [0.15, 0.2) is 0 Å². The number of ether oxygens (including phenoxy) is 2. The molecule has 0 spiro atoms. The Morgan fingerprint density at radius 3 is 1.36 bits per heavy atom. The van der Waals surface area contributed by atoms with E-state index in [-0.39, 0.29) is 0 Å². The molecule has 2 aliphatic heterocycles. The van der Waals surface area contributed by atoms with E-state index in [1.54, 1.807) is 9.80 Å². The largest absolute Gasteiger partial charge is 0.378 e. The summed E-state index contributed by atoms with van der Waals surface area (Å²) in [6.45, 7) is 3.68. The second-order valence-electron chi connectivity index (χ2n) is 4.84. The summed E-state index contributed by atoms with van der Waals surface area (Å²) in [5, 5.41) is 22.5. The molecule has 22 heavy (non-hydrogen) atoms. The lowest BCUT2D eigenvalue weighted by molar-refractivity contribution is -0.480. The van der Waals surface area contributed by atoms with Gasteiger partial charge >= 0.3 is 11.4 Å². The molecule has 2 heterocycles. The summed E-state index contributed by atoms with van der Waals surface area (Å²) in [4.78, 5) is 24.4. The van der Waals surface area contributed by atoms with E-state index in [2.05, 4.69) is 0 Å². The molecule has 2 saturated heterocycles. The molecule has 122 valence electrons. The first kappa shape index (κ1) is 16.2. The van der Waals surface area contributed by atoms with E-state index in [1.165, 1.54) is 12.4 Å². The Labute approximate surface area is 126 Å². The Kier molecular flexibility index (Phi) is 5.67. The number of hydrogen-bond acceptors (Lipinski definition) is 8. The van der Waals surface area contributed by atoms with Crippen LogP contribution in [-0.2, 0) is 9.47 Å². The fourth-order valence-electron chi connectivity index (χ4n) is 2.17. The van der Waals surface area contributed by atoms with Crippen molar-refractivity contribution in [3.05, 3.63) is 44.0 Å². The standard InChI is InChI=1S/C12H18N4O6/c17-15(18)11(9-13-1-5-21-6-2-13)12(16(19)20)10-14-3-7-22-8-4-14/h9-10H,1-8H2/b11-9+,12-10+. The number of rotatable bonds is 5. The molecule has 0 N–H and O–H groups in total. The normalized spacial score (nSPS) is 20.9. The minimum atomic E-state index is -0.718. The van der Waals surface area contributed by atoms with Crippen LogP contribution in [0.5, 0.6) is 0 Å². The lowest BCUT2D eigenvalue weighted by Gasteiger charge is -2.25. The van der Waals surface area contributed by atoms with Gasteiger partial charge in [0.1, 0.15) is 0 Å². The van der Waals surface area contributed by atoms with Gasteiger partial charge in [-0.15, -0.1) is 0 Å². The zero-order chi connectivity index (χ0) is 15.9. The van der Waals surface area contributed by atoms with Crippen molar-refractivity contribution in [1.29, 1.82) is 0 Å².